The Morgan fingerprint density at radius 3 is 2.71 bits per heavy atom. The number of carboxylic acid groups (broad SMARTS) is 1. The molecule has 0 saturated heterocycles. The van der Waals surface area contributed by atoms with Crippen molar-refractivity contribution < 1.29 is 9.90 Å². The molecule has 0 aliphatic heterocycles. The van der Waals surface area contributed by atoms with Crippen molar-refractivity contribution in [1.82, 2.24) is 9.55 Å². The normalized spacial score (nSPS) is 10.4. The van der Waals surface area contributed by atoms with Crippen LogP contribution in [0.4, 0.5) is 0 Å². The predicted molar refractivity (Wildman–Crippen MR) is 67.2 cm³/mol. The molecule has 0 aliphatic rings. The lowest BCUT2D eigenvalue weighted by Crippen LogP contribution is -1.97. The number of rotatable bonds is 4. The second-order valence-corrected chi connectivity index (χ2v) is 4.56. The third-order valence-corrected chi connectivity index (χ3v) is 2.88. The predicted octanol–water partition coefficient (Wildman–Crippen LogP) is 2.65. The number of carboxylic acids is 1. The van der Waals surface area contributed by atoms with E-state index in [4.69, 9.17) is 5.11 Å². The van der Waals surface area contributed by atoms with Gasteiger partial charge < -0.3 is 9.67 Å². The summed E-state index contributed by atoms with van der Waals surface area (Å²) in [6, 6.07) is 7.83. The molecule has 1 N–H and O–H groups in total. The molecular weight excluding hydrogens is 284 g/mol. The molecule has 5 heteroatoms. The monoisotopic (exact) mass is 294 g/mol. The van der Waals surface area contributed by atoms with Crippen molar-refractivity contribution in [2.75, 3.05) is 0 Å². The highest BCUT2D eigenvalue weighted by atomic mass is 79.9. The number of aliphatic carboxylic acids is 1. The van der Waals surface area contributed by atoms with Crippen LogP contribution in [0.25, 0.3) is 5.69 Å². The first kappa shape index (κ1) is 11.9. The Balaban J connectivity index is 2.12. The molecule has 2 aromatic rings. The summed E-state index contributed by atoms with van der Waals surface area (Å²) in [5.41, 5.74) is 1.79. The van der Waals surface area contributed by atoms with Gasteiger partial charge in [0, 0.05) is 22.8 Å². The molecule has 0 amide bonds. The van der Waals surface area contributed by atoms with Gasteiger partial charge in [0.25, 0.3) is 0 Å². The van der Waals surface area contributed by atoms with E-state index < -0.39 is 5.97 Å². The van der Waals surface area contributed by atoms with Crippen LogP contribution in [-0.2, 0) is 11.2 Å². The van der Waals surface area contributed by atoms with Gasteiger partial charge in [-0.25, -0.2) is 4.98 Å². The third-order valence-electron chi connectivity index (χ3n) is 2.36. The fourth-order valence-corrected chi connectivity index (χ4v) is 1.75. The molecule has 0 spiro atoms. The van der Waals surface area contributed by atoms with Crippen molar-refractivity contribution in [3.63, 3.8) is 0 Å². The van der Waals surface area contributed by atoms with Crippen molar-refractivity contribution in [2.45, 2.75) is 12.8 Å². The van der Waals surface area contributed by atoms with Crippen LogP contribution in [-0.4, -0.2) is 20.6 Å². The number of hydrogen-bond acceptors (Lipinski definition) is 2. The van der Waals surface area contributed by atoms with Crippen molar-refractivity contribution in [3.05, 3.63) is 47.0 Å². The van der Waals surface area contributed by atoms with E-state index in [1.807, 2.05) is 35.0 Å². The molecule has 0 fully saturated rings. The fraction of sp³-hybridized carbons (Fsp3) is 0.167. The topological polar surface area (TPSA) is 55.1 Å². The van der Waals surface area contributed by atoms with E-state index in [1.165, 1.54) is 0 Å². The van der Waals surface area contributed by atoms with E-state index in [0.717, 1.165) is 15.9 Å². The quantitative estimate of drug-likeness (QED) is 0.943. The van der Waals surface area contributed by atoms with Gasteiger partial charge in [-0.05, 0) is 24.3 Å². The van der Waals surface area contributed by atoms with Gasteiger partial charge in [0.15, 0.2) is 0 Å². The minimum Gasteiger partial charge on any atom is -0.481 e. The molecule has 0 unspecified atom stereocenters. The summed E-state index contributed by atoms with van der Waals surface area (Å²) >= 11 is 3.37. The first-order valence-electron chi connectivity index (χ1n) is 5.16. The van der Waals surface area contributed by atoms with Crippen LogP contribution in [0.15, 0.2) is 41.3 Å². The zero-order valence-electron chi connectivity index (χ0n) is 9.01. The summed E-state index contributed by atoms with van der Waals surface area (Å²) in [4.78, 5) is 14.6. The number of halogens is 1. The van der Waals surface area contributed by atoms with E-state index in [0.29, 0.717) is 6.42 Å². The van der Waals surface area contributed by atoms with Crippen LogP contribution in [0.3, 0.4) is 0 Å². The standard InChI is InChI=1S/C12H11BrN2O2/c13-9-1-4-11(5-2-9)15-7-10(14-8-15)3-6-12(16)17/h1-2,4-5,7-8H,3,6H2,(H,16,17). The number of imidazole rings is 1. The van der Waals surface area contributed by atoms with Gasteiger partial charge in [0.2, 0.25) is 0 Å². The van der Waals surface area contributed by atoms with Crippen LogP contribution >= 0.6 is 15.9 Å². The van der Waals surface area contributed by atoms with Gasteiger partial charge in [0.1, 0.15) is 0 Å². The first-order chi connectivity index (χ1) is 8.15. The molecular formula is C12H11BrN2O2. The largest absolute Gasteiger partial charge is 0.481 e. The van der Waals surface area contributed by atoms with Crippen molar-refractivity contribution in [2.24, 2.45) is 0 Å². The molecule has 0 bridgehead atoms. The smallest absolute Gasteiger partial charge is 0.303 e. The zero-order valence-corrected chi connectivity index (χ0v) is 10.6. The summed E-state index contributed by atoms with van der Waals surface area (Å²) in [6.45, 7) is 0. The second kappa shape index (κ2) is 5.14. The average Bonchev–Trinajstić information content (AvgIpc) is 2.76. The van der Waals surface area contributed by atoms with Crippen LogP contribution in [0.2, 0.25) is 0 Å². The summed E-state index contributed by atoms with van der Waals surface area (Å²) < 4.78 is 2.90. The van der Waals surface area contributed by atoms with Crippen LogP contribution in [0.1, 0.15) is 12.1 Å². The Morgan fingerprint density at radius 1 is 1.35 bits per heavy atom. The highest BCUT2D eigenvalue weighted by molar-refractivity contribution is 9.10. The lowest BCUT2D eigenvalue weighted by Gasteiger charge is -2.00. The van der Waals surface area contributed by atoms with Crippen molar-refractivity contribution in [1.29, 1.82) is 0 Å². The van der Waals surface area contributed by atoms with E-state index >= 15 is 0 Å². The molecule has 17 heavy (non-hydrogen) atoms. The maximum atomic E-state index is 10.4. The molecule has 0 radical (unpaired) electrons. The number of nitrogens with zero attached hydrogens (tertiary/aromatic N) is 2. The van der Waals surface area contributed by atoms with Gasteiger partial charge in [-0.1, -0.05) is 15.9 Å². The minimum atomic E-state index is -0.803. The first-order valence-corrected chi connectivity index (χ1v) is 5.95. The SMILES string of the molecule is O=C(O)CCc1cn(-c2ccc(Br)cc2)cn1. The van der Waals surface area contributed by atoms with E-state index in [1.54, 1.807) is 6.33 Å². The number of aryl methyl sites for hydroxylation is 1. The Bertz CT molecular complexity index is 520. The molecule has 2 rings (SSSR count). The maximum absolute atomic E-state index is 10.4. The highest BCUT2D eigenvalue weighted by Gasteiger charge is 2.03. The average molecular weight is 295 g/mol. The third kappa shape index (κ3) is 3.17. The van der Waals surface area contributed by atoms with Gasteiger partial charge in [-0.2, -0.15) is 0 Å². The maximum Gasteiger partial charge on any atom is 0.303 e. The van der Waals surface area contributed by atoms with Gasteiger partial charge in [-0.3, -0.25) is 4.79 Å². The van der Waals surface area contributed by atoms with Crippen LogP contribution < -0.4 is 0 Å². The Morgan fingerprint density at radius 2 is 2.06 bits per heavy atom. The summed E-state index contributed by atoms with van der Waals surface area (Å²) in [5, 5.41) is 8.59. The van der Waals surface area contributed by atoms with Gasteiger partial charge in [-0.15, -0.1) is 0 Å². The number of aromatic nitrogens is 2. The summed E-state index contributed by atoms with van der Waals surface area (Å²) in [7, 11) is 0. The molecule has 0 atom stereocenters. The second-order valence-electron chi connectivity index (χ2n) is 3.64. The molecule has 1 heterocycles. The van der Waals surface area contributed by atoms with E-state index in [9.17, 15) is 4.79 Å². The molecule has 1 aromatic heterocycles. The Kier molecular flexibility index (Phi) is 3.58. The number of benzene rings is 1. The lowest BCUT2D eigenvalue weighted by molar-refractivity contribution is -0.136. The van der Waals surface area contributed by atoms with Crippen LogP contribution in [0, 0.1) is 0 Å². The van der Waals surface area contributed by atoms with Crippen LogP contribution in [0.5, 0.6) is 0 Å². The summed E-state index contributed by atoms with van der Waals surface area (Å²) in [6.07, 6.45) is 4.11. The van der Waals surface area contributed by atoms with Gasteiger partial charge in [0.05, 0.1) is 18.4 Å². The van der Waals surface area contributed by atoms with Gasteiger partial charge >= 0.3 is 5.97 Å². The Hall–Kier alpha value is -1.62. The van der Waals surface area contributed by atoms with Crippen molar-refractivity contribution >= 4 is 21.9 Å². The molecule has 0 aliphatic carbocycles. The zero-order chi connectivity index (χ0) is 12.3. The fourth-order valence-electron chi connectivity index (χ4n) is 1.48. The Labute approximate surface area is 107 Å². The molecule has 0 saturated carbocycles. The lowest BCUT2D eigenvalue weighted by atomic mass is 10.2. The number of hydrogen-bond donors (Lipinski definition) is 1. The summed E-state index contributed by atoms with van der Waals surface area (Å²) in [5.74, 6) is -0.803. The molecule has 1 aromatic carbocycles. The molecule has 4 nitrogen and oxygen atoms in total. The molecule has 88 valence electrons. The minimum absolute atomic E-state index is 0.108. The highest BCUT2D eigenvalue weighted by Crippen LogP contribution is 2.14. The van der Waals surface area contributed by atoms with E-state index in [-0.39, 0.29) is 6.42 Å². The van der Waals surface area contributed by atoms with Crippen molar-refractivity contribution in [3.8, 4) is 5.69 Å². The van der Waals surface area contributed by atoms with E-state index in [2.05, 4.69) is 20.9 Å². The number of carbonyl (C=O) groups is 1.